The number of hydrogen-bond acceptors (Lipinski definition) is 1. The van der Waals surface area contributed by atoms with Gasteiger partial charge in [0, 0.05) is 6.42 Å². The molecule has 1 heteroatoms. The van der Waals surface area contributed by atoms with Crippen molar-refractivity contribution in [3.63, 3.8) is 0 Å². The minimum Gasteiger partial charge on any atom is -0.497 e. The van der Waals surface area contributed by atoms with E-state index in [1.54, 1.807) is 7.11 Å². The molecule has 5 aromatic carbocycles. The van der Waals surface area contributed by atoms with E-state index in [4.69, 9.17) is 4.74 Å². The van der Waals surface area contributed by atoms with Crippen molar-refractivity contribution >= 4 is 32.3 Å². The van der Waals surface area contributed by atoms with Crippen LogP contribution in [0.5, 0.6) is 5.75 Å². The summed E-state index contributed by atoms with van der Waals surface area (Å²) in [7, 11) is 1.69. The minimum atomic E-state index is 0.882. The zero-order chi connectivity index (χ0) is 16.8. The van der Waals surface area contributed by atoms with Crippen LogP contribution in [0.4, 0.5) is 0 Å². The van der Waals surface area contributed by atoms with Gasteiger partial charge in [0.25, 0.3) is 0 Å². The van der Waals surface area contributed by atoms with Crippen LogP contribution >= 0.6 is 0 Å². The third kappa shape index (κ3) is 2.24. The van der Waals surface area contributed by atoms with Crippen molar-refractivity contribution in [1.82, 2.24) is 0 Å². The minimum absolute atomic E-state index is 0.882. The SMILES string of the molecule is COc1ccc([CH]c2ccc3ccc4cccc5ccc2c3c45)cc1. The van der Waals surface area contributed by atoms with E-state index in [1.807, 2.05) is 12.1 Å². The summed E-state index contributed by atoms with van der Waals surface area (Å²) < 4.78 is 5.25. The van der Waals surface area contributed by atoms with Gasteiger partial charge in [-0.05, 0) is 55.6 Å². The molecule has 0 saturated carbocycles. The lowest BCUT2D eigenvalue weighted by molar-refractivity contribution is 0.414. The highest BCUT2D eigenvalue weighted by atomic mass is 16.5. The summed E-state index contributed by atoms with van der Waals surface area (Å²) in [4.78, 5) is 0. The van der Waals surface area contributed by atoms with Crippen molar-refractivity contribution in [2.45, 2.75) is 0 Å². The molecule has 0 aliphatic carbocycles. The third-order valence-corrected chi connectivity index (χ3v) is 5.00. The molecule has 0 N–H and O–H groups in total. The molecule has 1 nitrogen and oxygen atoms in total. The first kappa shape index (κ1) is 14.3. The van der Waals surface area contributed by atoms with Gasteiger partial charge in [-0.3, -0.25) is 0 Å². The fourth-order valence-electron chi connectivity index (χ4n) is 3.76. The second kappa shape index (κ2) is 5.49. The quantitative estimate of drug-likeness (QED) is 0.360. The zero-order valence-electron chi connectivity index (χ0n) is 14.0. The summed E-state index contributed by atoms with van der Waals surface area (Å²) in [5.74, 6) is 0.882. The summed E-state index contributed by atoms with van der Waals surface area (Å²) in [6.45, 7) is 0. The lowest BCUT2D eigenvalue weighted by Crippen LogP contribution is -1.91. The van der Waals surface area contributed by atoms with E-state index in [2.05, 4.69) is 73.2 Å². The highest BCUT2D eigenvalue weighted by Gasteiger charge is 2.11. The largest absolute Gasteiger partial charge is 0.497 e. The van der Waals surface area contributed by atoms with Crippen LogP contribution in [0.2, 0.25) is 0 Å². The maximum absolute atomic E-state index is 5.25. The average molecular weight is 321 g/mol. The number of methoxy groups -OCH3 is 1. The molecule has 0 bridgehead atoms. The molecule has 0 aliphatic rings. The Morgan fingerprint density at radius 2 is 1.28 bits per heavy atom. The molecule has 5 aromatic rings. The molecule has 0 heterocycles. The molecule has 0 fully saturated rings. The lowest BCUT2D eigenvalue weighted by atomic mass is 9.90. The fraction of sp³-hybridized carbons (Fsp3) is 0.0417. The van der Waals surface area contributed by atoms with E-state index in [0.717, 1.165) is 5.75 Å². The van der Waals surface area contributed by atoms with E-state index in [0.29, 0.717) is 0 Å². The van der Waals surface area contributed by atoms with Crippen LogP contribution in [-0.2, 0) is 0 Å². The van der Waals surface area contributed by atoms with Gasteiger partial charge in [-0.25, -0.2) is 0 Å². The zero-order valence-corrected chi connectivity index (χ0v) is 14.0. The van der Waals surface area contributed by atoms with Gasteiger partial charge in [0.2, 0.25) is 0 Å². The molecule has 0 aliphatic heterocycles. The Hall–Kier alpha value is -3.06. The van der Waals surface area contributed by atoms with Crippen LogP contribution in [-0.4, -0.2) is 7.11 Å². The fourth-order valence-corrected chi connectivity index (χ4v) is 3.76. The first-order chi connectivity index (χ1) is 12.3. The van der Waals surface area contributed by atoms with Gasteiger partial charge < -0.3 is 4.74 Å². The van der Waals surface area contributed by atoms with Crippen LogP contribution in [0.3, 0.4) is 0 Å². The van der Waals surface area contributed by atoms with Gasteiger partial charge in [-0.1, -0.05) is 66.7 Å². The maximum Gasteiger partial charge on any atom is 0.118 e. The number of ether oxygens (including phenoxy) is 1. The molecule has 0 spiro atoms. The highest BCUT2D eigenvalue weighted by molar-refractivity contribution is 6.23. The monoisotopic (exact) mass is 321 g/mol. The number of benzene rings is 5. The summed E-state index contributed by atoms with van der Waals surface area (Å²) in [5.41, 5.74) is 2.42. The molecular formula is C24H17O. The standard InChI is InChI=1S/C24H17O/c1-25-21-12-5-16(6-13-21)15-20-10-9-19-8-7-17-3-2-4-18-11-14-22(20)24(19)23(17)18/h2-15H,1H3. The van der Waals surface area contributed by atoms with Crippen LogP contribution in [0, 0.1) is 6.42 Å². The van der Waals surface area contributed by atoms with Crippen LogP contribution in [0.25, 0.3) is 32.3 Å². The van der Waals surface area contributed by atoms with Crippen molar-refractivity contribution in [3.05, 3.63) is 96.4 Å². The molecule has 0 saturated heterocycles. The molecule has 5 rings (SSSR count). The Balaban J connectivity index is 1.72. The van der Waals surface area contributed by atoms with Crippen molar-refractivity contribution in [3.8, 4) is 5.75 Å². The van der Waals surface area contributed by atoms with Crippen molar-refractivity contribution in [1.29, 1.82) is 0 Å². The molecule has 0 amide bonds. The predicted molar refractivity (Wildman–Crippen MR) is 106 cm³/mol. The normalized spacial score (nSPS) is 11.6. The summed E-state index contributed by atoms with van der Waals surface area (Å²) in [6, 6.07) is 28.1. The topological polar surface area (TPSA) is 9.23 Å². The van der Waals surface area contributed by atoms with Crippen LogP contribution in [0.1, 0.15) is 11.1 Å². The molecule has 0 atom stereocenters. The van der Waals surface area contributed by atoms with Gasteiger partial charge >= 0.3 is 0 Å². The Morgan fingerprint density at radius 1 is 0.640 bits per heavy atom. The number of hydrogen-bond donors (Lipinski definition) is 0. The first-order valence-corrected chi connectivity index (χ1v) is 8.49. The first-order valence-electron chi connectivity index (χ1n) is 8.49. The predicted octanol–water partition coefficient (Wildman–Crippen LogP) is 6.19. The molecule has 0 unspecified atom stereocenters. The van der Waals surface area contributed by atoms with Crippen molar-refractivity contribution in [2.24, 2.45) is 0 Å². The smallest absolute Gasteiger partial charge is 0.118 e. The third-order valence-electron chi connectivity index (χ3n) is 5.00. The molecular weight excluding hydrogens is 304 g/mol. The molecule has 25 heavy (non-hydrogen) atoms. The maximum atomic E-state index is 5.25. The van der Waals surface area contributed by atoms with Gasteiger partial charge in [-0.15, -0.1) is 0 Å². The van der Waals surface area contributed by atoms with Gasteiger partial charge in [0.05, 0.1) is 7.11 Å². The van der Waals surface area contributed by atoms with Gasteiger partial charge in [0.1, 0.15) is 5.75 Å². The Kier molecular flexibility index (Phi) is 3.14. The summed E-state index contributed by atoms with van der Waals surface area (Å²) >= 11 is 0. The summed E-state index contributed by atoms with van der Waals surface area (Å²) in [5, 5.41) is 7.93. The second-order valence-corrected chi connectivity index (χ2v) is 6.43. The summed E-state index contributed by atoms with van der Waals surface area (Å²) in [6.07, 6.45) is 2.24. The van der Waals surface area contributed by atoms with Crippen LogP contribution in [0.15, 0.2) is 78.9 Å². The van der Waals surface area contributed by atoms with Crippen molar-refractivity contribution < 1.29 is 4.74 Å². The van der Waals surface area contributed by atoms with Gasteiger partial charge in [-0.2, -0.15) is 0 Å². The Labute approximate surface area is 146 Å². The lowest BCUT2D eigenvalue weighted by Gasteiger charge is -2.14. The Morgan fingerprint density at radius 3 is 2.00 bits per heavy atom. The average Bonchev–Trinajstić information content (AvgIpc) is 2.68. The van der Waals surface area contributed by atoms with E-state index in [-0.39, 0.29) is 0 Å². The molecule has 119 valence electrons. The van der Waals surface area contributed by atoms with E-state index < -0.39 is 0 Å². The van der Waals surface area contributed by atoms with Crippen molar-refractivity contribution in [2.75, 3.05) is 7.11 Å². The Bertz CT molecular complexity index is 1170. The van der Waals surface area contributed by atoms with E-state index in [9.17, 15) is 0 Å². The van der Waals surface area contributed by atoms with Crippen LogP contribution < -0.4 is 4.74 Å². The molecule has 0 aromatic heterocycles. The van der Waals surface area contributed by atoms with Gasteiger partial charge in [0.15, 0.2) is 0 Å². The highest BCUT2D eigenvalue weighted by Crippen LogP contribution is 2.36. The molecule has 1 radical (unpaired) electrons. The number of rotatable bonds is 3. The van der Waals surface area contributed by atoms with E-state index >= 15 is 0 Å². The van der Waals surface area contributed by atoms with E-state index in [1.165, 1.54) is 43.4 Å². The second-order valence-electron chi connectivity index (χ2n) is 6.43.